The Hall–Kier alpha value is -1.04. The molecule has 0 radical (unpaired) electrons. The van der Waals surface area contributed by atoms with Crippen LogP contribution in [0.2, 0.25) is 0 Å². The van der Waals surface area contributed by atoms with Crippen molar-refractivity contribution in [2.45, 2.75) is 50.2 Å². The van der Waals surface area contributed by atoms with Gasteiger partial charge in [0.05, 0.1) is 11.6 Å². The van der Waals surface area contributed by atoms with Crippen LogP contribution in [-0.2, 0) is 4.74 Å². The predicted octanol–water partition coefficient (Wildman–Crippen LogP) is 3.21. The first-order valence-corrected chi connectivity index (χ1v) is 7.69. The molecule has 3 nitrogen and oxygen atoms in total. The topological polar surface area (TPSA) is 47.3 Å². The Bertz CT molecular complexity index is 503. The third-order valence-corrected chi connectivity index (χ3v) is 4.99. The van der Waals surface area contributed by atoms with Crippen LogP contribution in [0.15, 0.2) is 18.2 Å². The van der Waals surface area contributed by atoms with Gasteiger partial charge in [-0.1, -0.05) is 18.9 Å². The summed E-state index contributed by atoms with van der Waals surface area (Å²) in [4.78, 5) is 0. The fraction of sp³-hybridized carbons (Fsp3) is 0.625. The molecule has 1 spiro atoms. The summed E-state index contributed by atoms with van der Waals surface area (Å²) in [6.45, 7) is 0.686. The minimum Gasteiger partial charge on any atom is -0.375 e. The van der Waals surface area contributed by atoms with Crippen LogP contribution in [-0.4, -0.2) is 12.2 Å². The lowest BCUT2D eigenvalue weighted by molar-refractivity contribution is -0.0983. The number of benzene rings is 1. The first-order chi connectivity index (χ1) is 10.1. The average molecular weight is 296 g/mol. The van der Waals surface area contributed by atoms with Crippen LogP contribution >= 0.6 is 0 Å². The molecule has 21 heavy (non-hydrogen) atoms. The fourth-order valence-electron chi connectivity index (χ4n) is 3.95. The van der Waals surface area contributed by atoms with Gasteiger partial charge in [0, 0.05) is 18.2 Å². The quantitative estimate of drug-likeness (QED) is 0.665. The SMILES string of the molecule is NNC(c1ccc(F)cc1F)C1CCOC2(CCCC2)C1. The number of hydrogen-bond donors (Lipinski definition) is 2. The number of halogens is 2. The smallest absolute Gasteiger partial charge is 0.130 e. The molecule has 0 aromatic heterocycles. The van der Waals surface area contributed by atoms with Crippen LogP contribution < -0.4 is 11.3 Å². The van der Waals surface area contributed by atoms with Crippen molar-refractivity contribution < 1.29 is 13.5 Å². The second-order valence-corrected chi connectivity index (χ2v) is 6.30. The lowest BCUT2D eigenvalue weighted by Crippen LogP contribution is -2.43. The van der Waals surface area contributed by atoms with Crippen molar-refractivity contribution in [2.75, 3.05) is 6.61 Å². The summed E-state index contributed by atoms with van der Waals surface area (Å²) in [5.74, 6) is 4.79. The Balaban J connectivity index is 1.82. The molecule has 2 aliphatic rings. The second-order valence-electron chi connectivity index (χ2n) is 6.30. The van der Waals surface area contributed by atoms with Crippen molar-refractivity contribution in [1.82, 2.24) is 5.43 Å². The summed E-state index contributed by atoms with van der Waals surface area (Å²) in [7, 11) is 0. The molecule has 116 valence electrons. The normalized spacial score (nSPS) is 26.1. The molecule has 1 saturated carbocycles. The molecule has 3 rings (SSSR count). The number of rotatable bonds is 3. The molecule has 5 heteroatoms. The Kier molecular flexibility index (Phi) is 4.24. The van der Waals surface area contributed by atoms with Crippen LogP contribution in [0, 0.1) is 17.6 Å². The zero-order valence-electron chi connectivity index (χ0n) is 12.1. The molecule has 1 aliphatic carbocycles. The summed E-state index contributed by atoms with van der Waals surface area (Å²) in [5, 5.41) is 0. The summed E-state index contributed by atoms with van der Waals surface area (Å²) < 4.78 is 33.1. The molecular formula is C16H22F2N2O. The third-order valence-electron chi connectivity index (χ3n) is 4.99. The van der Waals surface area contributed by atoms with Gasteiger partial charge < -0.3 is 4.74 Å². The second kappa shape index (κ2) is 5.99. The van der Waals surface area contributed by atoms with E-state index in [0.29, 0.717) is 12.2 Å². The largest absolute Gasteiger partial charge is 0.375 e. The Labute approximate surface area is 123 Å². The summed E-state index contributed by atoms with van der Waals surface area (Å²) in [5.41, 5.74) is 3.13. The lowest BCUT2D eigenvalue weighted by Gasteiger charge is -2.41. The maximum absolute atomic E-state index is 14.0. The summed E-state index contributed by atoms with van der Waals surface area (Å²) in [6, 6.07) is 3.40. The standard InChI is InChI=1S/C16H22F2N2O/c17-12-3-4-13(14(18)9-12)15(20-19)11-5-8-21-16(10-11)6-1-2-7-16/h3-4,9,11,15,20H,1-2,5-8,10,19H2. The van der Waals surface area contributed by atoms with Gasteiger partial charge >= 0.3 is 0 Å². The minimum atomic E-state index is -0.564. The highest BCUT2D eigenvalue weighted by atomic mass is 19.1. The first kappa shape index (κ1) is 14.9. The van der Waals surface area contributed by atoms with Gasteiger partial charge in [-0.05, 0) is 37.7 Å². The van der Waals surface area contributed by atoms with Gasteiger partial charge in [0.25, 0.3) is 0 Å². The van der Waals surface area contributed by atoms with E-state index in [1.54, 1.807) is 0 Å². The zero-order valence-corrected chi connectivity index (χ0v) is 12.1. The van der Waals surface area contributed by atoms with E-state index in [4.69, 9.17) is 10.6 Å². The Morgan fingerprint density at radius 2 is 2.05 bits per heavy atom. The molecule has 2 fully saturated rings. The van der Waals surface area contributed by atoms with Crippen LogP contribution in [0.3, 0.4) is 0 Å². The van der Waals surface area contributed by atoms with E-state index >= 15 is 0 Å². The van der Waals surface area contributed by atoms with Crippen molar-refractivity contribution in [3.63, 3.8) is 0 Å². The highest BCUT2D eigenvalue weighted by Crippen LogP contribution is 2.45. The highest BCUT2D eigenvalue weighted by molar-refractivity contribution is 5.23. The Morgan fingerprint density at radius 1 is 1.29 bits per heavy atom. The van der Waals surface area contributed by atoms with E-state index in [1.807, 2.05) is 0 Å². The molecule has 3 N–H and O–H groups in total. The molecule has 1 aliphatic heterocycles. The maximum Gasteiger partial charge on any atom is 0.130 e. The van der Waals surface area contributed by atoms with Gasteiger partial charge in [0.15, 0.2) is 0 Å². The van der Waals surface area contributed by atoms with Crippen molar-refractivity contribution in [1.29, 1.82) is 0 Å². The third kappa shape index (κ3) is 2.96. The molecule has 0 bridgehead atoms. The molecule has 2 atom stereocenters. The maximum atomic E-state index is 14.0. The number of hydrazine groups is 1. The fourth-order valence-corrected chi connectivity index (χ4v) is 3.95. The molecular weight excluding hydrogens is 274 g/mol. The molecule has 2 unspecified atom stereocenters. The molecule has 0 amide bonds. The summed E-state index contributed by atoms with van der Waals surface area (Å²) in [6.07, 6.45) is 6.27. The van der Waals surface area contributed by atoms with Crippen LogP contribution in [0.4, 0.5) is 8.78 Å². The average Bonchev–Trinajstić information content (AvgIpc) is 2.90. The van der Waals surface area contributed by atoms with Crippen LogP contribution in [0.5, 0.6) is 0 Å². The Morgan fingerprint density at radius 3 is 2.71 bits per heavy atom. The van der Waals surface area contributed by atoms with Crippen molar-refractivity contribution in [2.24, 2.45) is 11.8 Å². The first-order valence-electron chi connectivity index (χ1n) is 7.69. The van der Waals surface area contributed by atoms with E-state index < -0.39 is 11.6 Å². The monoisotopic (exact) mass is 296 g/mol. The van der Waals surface area contributed by atoms with Gasteiger partial charge in [0.2, 0.25) is 0 Å². The van der Waals surface area contributed by atoms with E-state index in [1.165, 1.54) is 25.0 Å². The lowest BCUT2D eigenvalue weighted by atomic mass is 9.78. The highest BCUT2D eigenvalue weighted by Gasteiger charge is 2.42. The van der Waals surface area contributed by atoms with E-state index in [9.17, 15) is 8.78 Å². The van der Waals surface area contributed by atoms with E-state index in [0.717, 1.165) is 31.7 Å². The van der Waals surface area contributed by atoms with Gasteiger partial charge in [-0.15, -0.1) is 0 Å². The van der Waals surface area contributed by atoms with E-state index in [-0.39, 0.29) is 17.6 Å². The molecule has 1 saturated heterocycles. The zero-order chi connectivity index (χ0) is 14.9. The molecule has 1 aromatic carbocycles. The van der Waals surface area contributed by atoms with Gasteiger partial charge in [-0.2, -0.15) is 0 Å². The number of hydrogen-bond acceptors (Lipinski definition) is 3. The van der Waals surface area contributed by atoms with Gasteiger partial charge in [-0.25, -0.2) is 8.78 Å². The predicted molar refractivity (Wildman–Crippen MR) is 76.3 cm³/mol. The van der Waals surface area contributed by atoms with Gasteiger partial charge in [-0.3, -0.25) is 11.3 Å². The van der Waals surface area contributed by atoms with Crippen molar-refractivity contribution >= 4 is 0 Å². The van der Waals surface area contributed by atoms with Crippen molar-refractivity contribution in [3.05, 3.63) is 35.4 Å². The number of nitrogens with one attached hydrogen (secondary N) is 1. The number of ether oxygens (including phenoxy) is 1. The number of nitrogens with two attached hydrogens (primary N) is 1. The van der Waals surface area contributed by atoms with Crippen LogP contribution in [0.1, 0.15) is 50.1 Å². The molecule has 1 aromatic rings. The van der Waals surface area contributed by atoms with Crippen LogP contribution in [0.25, 0.3) is 0 Å². The molecule has 1 heterocycles. The summed E-state index contributed by atoms with van der Waals surface area (Å²) >= 11 is 0. The van der Waals surface area contributed by atoms with Crippen molar-refractivity contribution in [3.8, 4) is 0 Å². The minimum absolute atomic E-state index is 0.0471. The van der Waals surface area contributed by atoms with Gasteiger partial charge in [0.1, 0.15) is 11.6 Å². The van der Waals surface area contributed by atoms with E-state index in [2.05, 4.69) is 5.43 Å².